The van der Waals surface area contributed by atoms with Gasteiger partial charge in [0.15, 0.2) is 23.0 Å². The summed E-state index contributed by atoms with van der Waals surface area (Å²) >= 11 is 7.03. The van der Waals surface area contributed by atoms with Crippen LogP contribution in [0.2, 0.25) is 5.02 Å². The number of imide groups is 1. The first-order valence-electron chi connectivity index (χ1n) is 12.1. The molecular weight excluding hydrogens is 605 g/mol. The first kappa shape index (κ1) is 29.1. The van der Waals surface area contributed by atoms with E-state index in [2.05, 4.69) is 0 Å². The molecule has 15 heteroatoms. The van der Waals surface area contributed by atoms with E-state index in [0.717, 1.165) is 22.7 Å². The minimum atomic E-state index is -4.78. The van der Waals surface area contributed by atoms with Gasteiger partial charge in [-0.2, -0.15) is 13.2 Å². The second-order valence-corrected chi connectivity index (χ2v) is 10.1. The van der Waals surface area contributed by atoms with E-state index in [1.807, 2.05) is 0 Å². The topological polar surface area (TPSA) is 117 Å². The Morgan fingerprint density at radius 1 is 1.07 bits per heavy atom. The lowest BCUT2D eigenvalue weighted by Crippen LogP contribution is -2.27. The molecule has 0 radical (unpaired) electrons. The molecular formula is C27H18ClF3N2O8S. The van der Waals surface area contributed by atoms with Crippen molar-refractivity contribution in [1.82, 2.24) is 4.90 Å². The van der Waals surface area contributed by atoms with E-state index in [1.54, 1.807) is 19.1 Å². The fourth-order valence-electron chi connectivity index (χ4n) is 4.05. The number of nitrogens with zero attached hydrogens (tertiary/aromatic N) is 2. The number of nitro groups is 1. The number of nitro benzene ring substituents is 1. The zero-order valence-electron chi connectivity index (χ0n) is 21.4. The Morgan fingerprint density at radius 2 is 1.79 bits per heavy atom. The molecule has 0 atom stereocenters. The summed E-state index contributed by atoms with van der Waals surface area (Å²) in [7, 11) is 0. The number of halogens is 4. The Kier molecular flexibility index (Phi) is 7.93. The van der Waals surface area contributed by atoms with Crippen molar-refractivity contribution >= 4 is 46.3 Å². The van der Waals surface area contributed by atoms with Crippen LogP contribution in [0.1, 0.15) is 23.6 Å². The number of hydrogen-bond donors (Lipinski definition) is 0. The number of amides is 2. The molecule has 2 aliphatic rings. The Bertz CT molecular complexity index is 1650. The van der Waals surface area contributed by atoms with Crippen molar-refractivity contribution in [1.29, 1.82) is 0 Å². The van der Waals surface area contributed by atoms with Gasteiger partial charge in [-0.1, -0.05) is 17.7 Å². The summed E-state index contributed by atoms with van der Waals surface area (Å²) < 4.78 is 61.0. The zero-order valence-corrected chi connectivity index (χ0v) is 23.0. The molecule has 2 aliphatic heterocycles. The van der Waals surface area contributed by atoms with Crippen molar-refractivity contribution in [2.24, 2.45) is 0 Å². The normalized spacial score (nSPS) is 15.5. The van der Waals surface area contributed by atoms with Crippen LogP contribution >= 0.6 is 23.4 Å². The van der Waals surface area contributed by atoms with Gasteiger partial charge >= 0.3 is 11.9 Å². The molecule has 0 saturated carbocycles. The van der Waals surface area contributed by atoms with Crippen LogP contribution in [0.3, 0.4) is 0 Å². The molecule has 0 bridgehead atoms. The maximum atomic E-state index is 13.1. The maximum Gasteiger partial charge on any atom is 0.416 e. The van der Waals surface area contributed by atoms with Crippen molar-refractivity contribution in [3.8, 4) is 28.7 Å². The molecule has 3 aromatic carbocycles. The zero-order chi connectivity index (χ0) is 30.2. The maximum absolute atomic E-state index is 13.1. The number of fused-ring (bicyclic) bond motifs is 1. The van der Waals surface area contributed by atoms with Gasteiger partial charge in [-0.15, -0.1) is 0 Å². The number of carbonyl (C=O) groups excluding carboxylic acids is 2. The van der Waals surface area contributed by atoms with Gasteiger partial charge in [0.1, 0.15) is 0 Å². The summed E-state index contributed by atoms with van der Waals surface area (Å²) in [6, 6.07) is 9.41. The highest BCUT2D eigenvalue weighted by Crippen LogP contribution is 2.42. The summed E-state index contributed by atoms with van der Waals surface area (Å²) in [6.07, 6.45) is -3.32. The second kappa shape index (κ2) is 11.4. The second-order valence-electron chi connectivity index (χ2n) is 8.74. The van der Waals surface area contributed by atoms with E-state index in [0.29, 0.717) is 39.8 Å². The van der Waals surface area contributed by atoms with E-state index in [9.17, 15) is 32.9 Å². The molecule has 218 valence electrons. The van der Waals surface area contributed by atoms with Crippen LogP contribution in [0.25, 0.3) is 6.08 Å². The predicted molar refractivity (Wildman–Crippen MR) is 145 cm³/mol. The van der Waals surface area contributed by atoms with Crippen LogP contribution < -0.4 is 18.9 Å². The summed E-state index contributed by atoms with van der Waals surface area (Å²) in [6.45, 7) is 1.76. The highest BCUT2D eigenvalue weighted by Gasteiger charge is 2.36. The molecule has 0 N–H and O–H groups in total. The number of ether oxygens (including phenoxy) is 4. The molecule has 1 saturated heterocycles. The van der Waals surface area contributed by atoms with Crippen molar-refractivity contribution in [3.05, 3.63) is 85.3 Å². The lowest BCUT2D eigenvalue weighted by atomic mass is 10.1. The lowest BCUT2D eigenvalue weighted by Gasteiger charge is -2.14. The highest BCUT2D eigenvalue weighted by molar-refractivity contribution is 8.18. The quantitative estimate of drug-likeness (QED) is 0.144. The summed E-state index contributed by atoms with van der Waals surface area (Å²) in [4.78, 5) is 37.4. The van der Waals surface area contributed by atoms with Gasteiger partial charge < -0.3 is 18.9 Å². The van der Waals surface area contributed by atoms with Gasteiger partial charge in [0, 0.05) is 17.2 Å². The Labute approximate surface area is 244 Å². The first-order valence-corrected chi connectivity index (χ1v) is 13.3. The highest BCUT2D eigenvalue weighted by atomic mass is 35.5. The fourth-order valence-corrected chi connectivity index (χ4v) is 5.10. The number of thioether (sulfide) groups is 1. The van der Waals surface area contributed by atoms with Crippen LogP contribution in [0.4, 0.5) is 23.7 Å². The summed E-state index contributed by atoms with van der Waals surface area (Å²) in [5.74, 6) is 0.0178. The Hall–Kier alpha value is -4.43. The molecule has 3 aromatic rings. The van der Waals surface area contributed by atoms with Crippen LogP contribution in [-0.4, -0.2) is 34.4 Å². The summed E-state index contributed by atoms with van der Waals surface area (Å²) in [5, 5.41) is 11.2. The van der Waals surface area contributed by atoms with E-state index in [4.69, 9.17) is 30.5 Å². The van der Waals surface area contributed by atoms with Crippen molar-refractivity contribution in [2.75, 3.05) is 13.4 Å². The van der Waals surface area contributed by atoms with Gasteiger partial charge in [-0.3, -0.25) is 24.6 Å². The van der Waals surface area contributed by atoms with Gasteiger partial charge in [0.05, 0.1) is 28.5 Å². The van der Waals surface area contributed by atoms with Crippen LogP contribution in [0, 0.1) is 10.1 Å². The molecule has 42 heavy (non-hydrogen) atoms. The lowest BCUT2D eigenvalue weighted by molar-refractivity contribution is -0.385. The average Bonchev–Trinajstić information content (AvgIpc) is 3.48. The predicted octanol–water partition coefficient (Wildman–Crippen LogP) is 7.42. The van der Waals surface area contributed by atoms with Crippen molar-refractivity contribution < 1.29 is 46.6 Å². The van der Waals surface area contributed by atoms with E-state index < -0.39 is 39.2 Å². The van der Waals surface area contributed by atoms with Crippen LogP contribution in [0.5, 0.6) is 28.7 Å². The molecule has 0 unspecified atom stereocenters. The van der Waals surface area contributed by atoms with E-state index >= 15 is 0 Å². The van der Waals surface area contributed by atoms with Crippen molar-refractivity contribution in [2.45, 2.75) is 19.6 Å². The minimum Gasteiger partial charge on any atom is -0.490 e. The van der Waals surface area contributed by atoms with Crippen molar-refractivity contribution in [3.63, 3.8) is 0 Å². The first-order chi connectivity index (χ1) is 19.9. The monoisotopic (exact) mass is 622 g/mol. The third-order valence-electron chi connectivity index (χ3n) is 6.01. The molecule has 0 spiro atoms. The molecule has 2 amide bonds. The number of alkyl halides is 3. The van der Waals surface area contributed by atoms with Crippen LogP contribution in [-0.2, 0) is 17.5 Å². The SMILES string of the molecule is CCOc1cc(/C=C2/SC(=O)N(Cc3cc4c(cc3Cl)OCO4)C2=O)ccc1Oc1ccc(C(F)(F)F)cc1[N+](=O)[O-]. The van der Waals surface area contributed by atoms with Gasteiger partial charge in [-0.25, -0.2) is 0 Å². The largest absolute Gasteiger partial charge is 0.490 e. The standard InChI is InChI=1S/C27H18ClF3N2O8S/c1-2-38-21-7-14(3-5-20(21)41-19-6-4-16(27(29,30)31)10-18(19)33(36)37)8-24-25(34)32(26(35)42-24)12-15-9-22-23(11-17(15)28)40-13-39-22/h3-11H,2,12-13H2,1H3/b24-8+. The summed E-state index contributed by atoms with van der Waals surface area (Å²) in [5.41, 5.74) is -1.16. The van der Waals surface area contributed by atoms with Crippen LogP contribution in [0.15, 0.2) is 53.4 Å². The molecule has 0 aromatic heterocycles. The van der Waals surface area contributed by atoms with E-state index in [1.165, 1.54) is 24.3 Å². The number of rotatable bonds is 8. The molecule has 5 rings (SSSR count). The Balaban J connectivity index is 1.39. The fraction of sp³-hybridized carbons (Fsp3) is 0.185. The molecule has 0 aliphatic carbocycles. The third kappa shape index (κ3) is 5.94. The van der Waals surface area contributed by atoms with E-state index in [-0.39, 0.29) is 36.3 Å². The molecule has 10 nitrogen and oxygen atoms in total. The minimum absolute atomic E-state index is 0.0117. The smallest absolute Gasteiger partial charge is 0.416 e. The van der Waals surface area contributed by atoms with Gasteiger partial charge in [-0.05, 0) is 66.2 Å². The molecule has 1 fully saturated rings. The average molecular weight is 623 g/mol. The third-order valence-corrected chi connectivity index (χ3v) is 7.27. The number of carbonyl (C=O) groups is 2. The number of benzene rings is 3. The molecule has 2 heterocycles. The van der Waals surface area contributed by atoms with Gasteiger partial charge in [0.2, 0.25) is 12.5 Å². The Morgan fingerprint density at radius 3 is 2.48 bits per heavy atom. The number of hydrogen-bond acceptors (Lipinski definition) is 9. The van der Waals surface area contributed by atoms with Gasteiger partial charge in [0.25, 0.3) is 11.1 Å².